The summed E-state index contributed by atoms with van der Waals surface area (Å²) < 4.78 is 4.66. The van der Waals surface area contributed by atoms with E-state index in [2.05, 4.69) is 4.74 Å². The minimum atomic E-state index is -0.372. The van der Waals surface area contributed by atoms with Crippen LogP contribution >= 0.6 is 0 Å². The molecule has 0 aliphatic heterocycles. The molecule has 2 bridgehead atoms. The van der Waals surface area contributed by atoms with Crippen LogP contribution in [0.2, 0.25) is 0 Å². The molecule has 0 heterocycles. The van der Waals surface area contributed by atoms with Gasteiger partial charge in [-0.2, -0.15) is 0 Å². The predicted molar refractivity (Wildman–Crippen MR) is 44.5 cm³/mol. The quantitative estimate of drug-likeness (QED) is 0.615. The first kappa shape index (κ1) is 8.53. The molecule has 4 heteroatoms. The predicted octanol–water partition coefficient (Wildman–Crippen LogP) is 0.0610. The lowest BCUT2D eigenvalue weighted by molar-refractivity contribution is -0.146. The smallest absolute Gasteiger partial charge is 0.308 e. The number of primary amides is 1. The molecule has 1 atom stereocenters. The van der Waals surface area contributed by atoms with E-state index in [-0.39, 0.29) is 23.2 Å². The van der Waals surface area contributed by atoms with E-state index in [0.717, 1.165) is 12.8 Å². The molecule has 3 fully saturated rings. The summed E-state index contributed by atoms with van der Waals surface area (Å²) in [5, 5.41) is 0. The third-order valence-electron chi connectivity index (χ3n) is 3.51. The molecule has 4 nitrogen and oxygen atoms in total. The lowest BCUT2D eigenvalue weighted by Gasteiger charge is -2.35. The van der Waals surface area contributed by atoms with Crippen LogP contribution in [-0.4, -0.2) is 19.0 Å². The Morgan fingerprint density at radius 2 is 2.00 bits per heavy atom. The molecular weight excluding hydrogens is 170 g/mol. The highest BCUT2D eigenvalue weighted by molar-refractivity contribution is 5.85. The van der Waals surface area contributed by atoms with Gasteiger partial charge in [-0.15, -0.1) is 0 Å². The number of nitrogens with two attached hydrogens (primary N) is 1. The van der Waals surface area contributed by atoms with Crippen molar-refractivity contribution in [3.8, 4) is 0 Å². The number of carbonyl (C=O) groups is 2. The van der Waals surface area contributed by atoms with Crippen LogP contribution in [0.5, 0.6) is 0 Å². The Morgan fingerprint density at radius 3 is 2.38 bits per heavy atom. The molecule has 1 amide bonds. The van der Waals surface area contributed by atoms with E-state index in [1.165, 1.54) is 7.11 Å². The molecule has 0 aromatic rings. The molecule has 1 unspecified atom stereocenters. The Bertz CT molecular complexity index is 268. The van der Waals surface area contributed by atoms with Crippen molar-refractivity contribution < 1.29 is 14.3 Å². The summed E-state index contributed by atoms with van der Waals surface area (Å²) in [5.41, 5.74) is 4.91. The molecule has 0 spiro atoms. The van der Waals surface area contributed by atoms with Gasteiger partial charge in [-0.05, 0) is 25.2 Å². The molecular formula is C9H13NO3. The van der Waals surface area contributed by atoms with Gasteiger partial charge in [0.05, 0.1) is 18.4 Å². The van der Waals surface area contributed by atoms with Crippen LogP contribution in [0.4, 0.5) is 0 Å². The highest BCUT2D eigenvalue weighted by atomic mass is 16.5. The zero-order chi connectivity index (χ0) is 9.64. The highest BCUT2D eigenvalue weighted by Gasteiger charge is 2.61. The van der Waals surface area contributed by atoms with Gasteiger partial charge < -0.3 is 10.5 Å². The molecule has 0 aromatic heterocycles. The highest BCUT2D eigenvalue weighted by Crippen LogP contribution is 2.61. The van der Waals surface area contributed by atoms with E-state index in [0.29, 0.717) is 12.3 Å². The van der Waals surface area contributed by atoms with E-state index in [4.69, 9.17) is 5.73 Å². The van der Waals surface area contributed by atoms with Crippen molar-refractivity contribution in [2.24, 2.45) is 23.0 Å². The van der Waals surface area contributed by atoms with Crippen LogP contribution in [0, 0.1) is 17.3 Å². The Balaban J connectivity index is 2.09. The number of hydrogen-bond acceptors (Lipinski definition) is 3. The van der Waals surface area contributed by atoms with Crippen LogP contribution < -0.4 is 5.73 Å². The number of carbonyl (C=O) groups excluding carboxylic acids is 2. The van der Waals surface area contributed by atoms with Crippen LogP contribution in [0.1, 0.15) is 19.3 Å². The maximum absolute atomic E-state index is 11.2. The first-order valence-electron chi connectivity index (χ1n) is 4.47. The summed E-state index contributed by atoms with van der Waals surface area (Å²) in [6.07, 6.45) is 2.16. The summed E-state index contributed by atoms with van der Waals surface area (Å²) in [6.45, 7) is 0. The summed E-state index contributed by atoms with van der Waals surface area (Å²) >= 11 is 0. The lowest BCUT2D eigenvalue weighted by Crippen LogP contribution is -2.41. The number of methoxy groups -OCH3 is 1. The topological polar surface area (TPSA) is 69.4 Å². The van der Waals surface area contributed by atoms with Gasteiger partial charge in [-0.3, -0.25) is 9.59 Å². The fourth-order valence-corrected chi connectivity index (χ4v) is 2.71. The molecule has 0 radical (unpaired) electrons. The maximum Gasteiger partial charge on any atom is 0.308 e. The van der Waals surface area contributed by atoms with Crippen LogP contribution in [0.25, 0.3) is 0 Å². The van der Waals surface area contributed by atoms with Gasteiger partial charge in [-0.1, -0.05) is 0 Å². The summed E-state index contributed by atoms with van der Waals surface area (Å²) in [7, 11) is 1.38. The molecule has 72 valence electrons. The monoisotopic (exact) mass is 183 g/mol. The number of ether oxygens (including phenoxy) is 1. The third-order valence-corrected chi connectivity index (χ3v) is 3.51. The van der Waals surface area contributed by atoms with Crippen LogP contribution in [0.15, 0.2) is 0 Å². The van der Waals surface area contributed by atoms with Crippen LogP contribution in [0.3, 0.4) is 0 Å². The van der Waals surface area contributed by atoms with Crippen molar-refractivity contribution >= 4 is 11.9 Å². The van der Waals surface area contributed by atoms with E-state index in [1.54, 1.807) is 0 Å². The molecule has 13 heavy (non-hydrogen) atoms. The minimum Gasteiger partial charge on any atom is -0.469 e. The van der Waals surface area contributed by atoms with Gasteiger partial charge in [0, 0.05) is 0 Å². The Hall–Kier alpha value is -1.06. The molecule has 2 N–H and O–H groups in total. The number of rotatable bonds is 2. The van der Waals surface area contributed by atoms with Gasteiger partial charge in [0.25, 0.3) is 0 Å². The number of fused-ring (bicyclic) bond motifs is 1. The summed E-state index contributed by atoms with van der Waals surface area (Å²) in [6, 6.07) is 0. The normalized spacial score (nSPS) is 41.0. The average molecular weight is 183 g/mol. The second kappa shape index (κ2) is 2.47. The lowest BCUT2D eigenvalue weighted by atomic mass is 9.69. The maximum atomic E-state index is 11.2. The minimum absolute atomic E-state index is 0.0856. The number of hydrogen-bond donors (Lipinski definition) is 1. The number of esters is 1. The zero-order valence-corrected chi connectivity index (χ0v) is 7.58. The molecule has 0 saturated heterocycles. The van der Waals surface area contributed by atoms with E-state index in [1.807, 2.05) is 0 Å². The molecule has 3 aliphatic rings. The third kappa shape index (κ3) is 0.975. The average Bonchev–Trinajstić information content (AvgIpc) is 2.55. The SMILES string of the molecule is COC(=O)C1CC2(C(N)=O)CC1C2. The summed E-state index contributed by atoms with van der Waals surface area (Å²) in [4.78, 5) is 22.3. The Kier molecular flexibility index (Phi) is 1.62. The van der Waals surface area contributed by atoms with Gasteiger partial charge in [0.15, 0.2) is 0 Å². The molecule has 3 saturated carbocycles. The Labute approximate surface area is 76.4 Å². The van der Waals surface area contributed by atoms with Crippen molar-refractivity contribution in [2.45, 2.75) is 19.3 Å². The summed E-state index contributed by atoms with van der Waals surface area (Å²) in [5.74, 6) is -0.196. The van der Waals surface area contributed by atoms with Crippen molar-refractivity contribution in [3.63, 3.8) is 0 Å². The largest absolute Gasteiger partial charge is 0.469 e. The molecule has 3 rings (SSSR count). The van der Waals surface area contributed by atoms with E-state index >= 15 is 0 Å². The fraction of sp³-hybridized carbons (Fsp3) is 0.778. The molecule has 0 aromatic carbocycles. The van der Waals surface area contributed by atoms with Crippen LogP contribution in [-0.2, 0) is 14.3 Å². The second-order valence-corrected chi connectivity index (χ2v) is 4.15. The number of amides is 1. The van der Waals surface area contributed by atoms with E-state index < -0.39 is 0 Å². The zero-order valence-electron chi connectivity index (χ0n) is 7.58. The first-order chi connectivity index (χ1) is 6.09. The van der Waals surface area contributed by atoms with Gasteiger partial charge >= 0.3 is 5.97 Å². The van der Waals surface area contributed by atoms with Crippen molar-refractivity contribution in [2.75, 3.05) is 7.11 Å². The van der Waals surface area contributed by atoms with Crippen molar-refractivity contribution in [1.29, 1.82) is 0 Å². The van der Waals surface area contributed by atoms with Gasteiger partial charge in [-0.25, -0.2) is 0 Å². The fourth-order valence-electron chi connectivity index (χ4n) is 2.71. The van der Waals surface area contributed by atoms with Gasteiger partial charge in [0.2, 0.25) is 5.91 Å². The van der Waals surface area contributed by atoms with Gasteiger partial charge in [0.1, 0.15) is 0 Å². The van der Waals surface area contributed by atoms with E-state index in [9.17, 15) is 9.59 Å². The molecule has 3 aliphatic carbocycles. The Morgan fingerprint density at radius 1 is 1.38 bits per heavy atom. The first-order valence-corrected chi connectivity index (χ1v) is 4.47. The second-order valence-electron chi connectivity index (χ2n) is 4.15. The standard InChI is InChI=1S/C9H13NO3/c1-13-7(11)6-4-9(8(10)12)2-5(6)3-9/h5-6H,2-4H2,1H3,(H2,10,12). The van der Waals surface area contributed by atoms with Crippen molar-refractivity contribution in [1.82, 2.24) is 0 Å². The van der Waals surface area contributed by atoms with Crippen molar-refractivity contribution in [3.05, 3.63) is 0 Å².